The van der Waals surface area contributed by atoms with Gasteiger partial charge in [-0.3, -0.25) is 4.79 Å². The van der Waals surface area contributed by atoms with Gasteiger partial charge in [-0.1, -0.05) is 19.1 Å². The topological polar surface area (TPSA) is 67.6 Å². The van der Waals surface area contributed by atoms with E-state index in [1.165, 1.54) is 0 Å². The number of nitrogens with two attached hydrogens (primary N) is 1. The van der Waals surface area contributed by atoms with E-state index in [1.54, 1.807) is 0 Å². The SMILES string of the molecule is CC1OC(C)C(C(=O)NC2(C(N)=S)CCN(C)CC2)C1C. The third kappa shape index (κ3) is 3.22. The number of piperidine rings is 1. The minimum atomic E-state index is -0.538. The summed E-state index contributed by atoms with van der Waals surface area (Å²) in [5, 5.41) is 3.16. The molecule has 0 saturated carbocycles. The Morgan fingerprint density at radius 1 is 1.29 bits per heavy atom. The highest BCUT2D eigenvalue weighted by Gasteiger charge is 2.45. The van der Waals surface area contributed by atoms with Gasteiger partial charge in [0.1, 0.15) is 0 Å². The first-order chi connectivity index (χ1) is 9.77. The predicted octanol–water partition coefficient (Wildman–Crippen LogP) is 0.913. The van der Waals surface area contributed by atoms with E-state index in [1.807, 2.05) is 13.8 Å². The summed E-state index contributed by atoms with van der Waals surface area (Å²) in [6.07, 6.45) is 1.59. The fraction of sp³-hybridized carbons (Fsp3) is 0.867. The van der Waals surface area contributed by atoms with Crippen molar-refractivity contribution in [3.05, 3.63) is 0 Å². The molecule has 2 aliphatic heterocycles. The fourth-order valence-electron chi connectivity index (χ4n) is 3.47. The Kier molecular flexibility index (Phi) is 4.90. The fourth-order valence-corrected chi connectivity index (χ4v) is 3.73. The number of hydrogen-bond acceptors (Lipinski definition) is 4. The lowest BCUT2D eigenvalue weighted by Gasteiger charge is -2.41. The van der Waals surface area contributed by atoms with E-state index in [0.29, 0.717) is 4.99 Å². The van der Waals surface area contributed by atoms with Crippen LogP contribution in [0.2, 0.25) is 0 Å². The number of nitrogens with zero attached hydrogens (tertiary/aromatic N) is 1. The number of ether oxygens (including phenoxy) is 1. The molecule has 0 aliphatic carbocycles. The minimum absolute atomic E-state index is 0.0247. The molecule has 2 saturated heterocycles. The molecule has 0 radical (unpaired) electrons. The van der Waals surface area contributed by atoms with Crippen molar-refractivity contribution >= 4 is 23.1 Å². The van der Waals surface area contributed by atoms with Crippen LogP contribution in [-0.2, 0) is 9.53 Å². The number of rotatable bonds is 3. The van der Waals surface area contributed by atoms with Crippen LogP contribution in [0.15, 0.2) is 0 Å². The first-order valence-electron chi connectivity index (χ1n) is 7.73. The van der Waals surface area contributed by atoms with Crippen molar-refractivity contribution < 1.29 is 9.53 Å². The third-order valence-corrected chi connectivity index (χ3v) is 5.61. The lowest BCUT2D eigenvalue weighted by molar-refractivity contribution is -0.128. The van der Waals surface area contributed by atoms with Gasteiger partial charge < -0.3 is 20.7 Å². The van der Waals surface area contributed by atoms with Crippen LogP contribution in [0.4, 0.5) is 0 Å². The summed E-state index contributed by atoms with van der Waals surface area (Å²) in [7, 11) is 2.07. The second-order valence-corrected chi connectivity index (χ2v) is 7.11. The third-order valence-electron chi connectivity index (χ3n) is 5.22. The normalized spacial score (nSPS) is 36.4. The maximum Gasteiger partial charge on any atom is 0.226 e. The van der Waals surface area contributed by atoms with Crippen LogP contribution in [0.5, 0.6) is 0 Å². The summed E-state index contributed by atoms with van der Waals surface area (Å²) in [6, 6.07) is 0. The summed E-state index contributed by atoms with van der Waals surface area (Å²) < 4.78 is 5.77. The van der Waals surface area contributed by atoms with E-state index in [0.717, 1.165) is 25.9 Å². The highest BCUT2D eigenvalue weighted by atomic mass is 32.1. The van der Waals surface area contributed by atoms with Crippen LogP contribution in [-0.4, -0.2) is 53.7 Å². The van der Waals surface area contributed by atoms with E-state index < -0.39 is 5.54 Å². The largest absolute Gasteiger partial charge is 0.391 e. The molecular formula is C15H27N3O2S. The number of nitrogens with one attached hydrogen (secondary N) is 1. The zero-order chi connectivity index (χ0) is 15.8. The van der Waals surface area contributed by atoms with Gasteiger partial charge in [0.15, 0.2) is 0 Å². The lowest BCUT2D eigenvalue weighted by Crippen LogP contribution is -2.62. The van der Waals surface area contributed by atoms with Crippen molar-refractivity contribution in [2.45, 2.75) is 51.4 Å². The molecule has 0 spiro atoms. The van der Waals surface area contributed by atoms with Gasteiger partial charge in [-0.25, -0.2) is 0 Å². The van der Waals surface area contributed by atoms with E-state index in [9.17, 15) is 4.79 Å². The highest BCUT2D eigenvalue weighted by molar-refractivity contribution is 7.80. The Morgan fingerprint density at radius 3 is 2.29 bits per heavy atom. The summed E-state index contributed by atoms with van der Waals surface area (Å²) >= 11 is 5.25. The maximum absolute atomic E-state index is 12.8. The van der Waals surface area contributed by atoms with E-state index in [4.69, 9.17) is 22.7 Å². The molecule has 120 valence electrons. The zero-order valence-electron chi connectivity index (χ0n) is 13.4. The zero-order valence-corrected chi connectivity index (χ0v) is 14.2. The van der Waals surface area contributed by atoms with Gasteiger partial charge in [-0.2, -0.15) is 0 Å². The van der Waals surface area contributed by atoms with Gasteiger partial charge in [-0.05, 0) is 39.7 Å². The summed E-state index contributed by atoms with van der Waals surface area (Å²) in [5.74, 6) is 0.0947. The second-order valence-electron chi connectivity index (χ2n) is 6.67. The molecule has 0 aromatic heterocycles. The Hall–Kier alpha value is -0.720. The Morgan fingerprint density at radius 2 is 1.86 bits per heavy atom. The van der Waals surface area contributed by atoms with Gasteiger partial charge in [-0.15, -0.1) is 0 Å². The molecule has 3 N–H and O–H groups in total. The number of carbonyl (C=O) groups is 1. The molecule has 21 heavy (non-hydrogen) atoms. The van der Waals surface area contributed by atoms with Crippen molar-refractivity contribution in [3.63, 3.8) is 0 Å². The molecule has 4 unspecified atom stereocenters. The monoisotopic (exact) mass is 313 g/mol. The predicted molar refractivity (Wildman–Crippen MR) is 87.1 cm³/mol. The number of amides is 1. The van der Waals surface area contributed by atoms with Crippen LogP contribution < -0.4 is 11.1 Å². The minimum Gasteiger partial charge on any atom is -0.391 e. The van der Waals surface area contributed by atoms with Gasteiger partial charge in [0.25, 0.3) is 0 Å². The lowest BCUT2D eigenvalue weighted by atomic mass is 9.84. The van der Waals surface area contributed by atoms with Crippen molar-refractivity contribution in [3.8, 4) is 0 Å². The molecule has 0 bridgehead atoms. The van der Waals surface area contributed by atoms with Crippen LogP contribution >= 0.6 is 12.2 Å². The number of carbonyl (C=O) groups excluding carboxylic acids is 1. The molecule has 0 aromatic rings. The first-order valence-corrected chi connectivity index (χ1v) is 8.13. The van der Waals surface area contributed by atoms with Crippen LogP contribution in [0, 0.1) is 11.8 Å². The quantitative estimate of drug-likeness (QED) is 0.758. The number of likely N-dealkylation sites (tertiary alicyclic amines) is 1. The van der Waals surface area contributed by atoms with Gasteiger partial charge in [0, 0.05) is 13.1 Å². The first kappa shape index (κ1) is 16.6. The van der Waals surface area contributed by atoms with Crippen LogP contribution in [0.3, 0.4) is 0 Å². The average Bonchev–Trinajstić information content (AvgIpc) is 2.66. The van der Waals surface area contributed by atoms with Gasteiger partial charge in [0.2, 0.25) is 5.91 Å². The van der Waals surface area contributed by atoms with Crippen molar-refractivity contribution in [2.75, 3.05) is 20.1 Å². The Balaban J connectivity index is 2.11. The van der Waals surface area contributed by atoms with E-state index in [-0.39, 0.29) is 30.0 Å². The highest BCUT2D eigenvalue weighted by Crippen LogP contribution is 2.33. The maximum atomic E-state index is 12.8. The second kappa shape index (κ2) is 6.18. The van der Waals surface area contributed by atoms with Crippen molar-refractivity contribution in [1.29, 1.82) is 0 Å². The molecule has 2 rings (SSSR count). The average molecular weight is 313 g/mol. The van der Waals surface area contributed by atoms with Gasteiger partial charge >= 0.3 is 0 Å². The summed E-state index contributed by atoms with van der Waals surface area (Å²) in [5.41, 5.74) is 5.42. The molecule has 2 fully saturated rings. The number of hydrogen-bond donors (Lipinski definition) is 2. The molecule has 2 aliphatic rings. The van der Waals surface area contributed by atoms with E-state index >= 15 is 0 Å². The Bertz CT molecular complexity index is 421. The Labute approximate surface area is 132 Å². The van der Waals surface area contributed by atoms with Crippen LogP contribution in [0.1, 0.15) is 33.6 Å². The molecule has 5 nitrogen and oxygen atoms in total. The van der Waals surface area contributed by atoms with Crippen LogP contribution in [0.25, 0.3) is 0 Å². The summed E-state index contributed by atoms with van der Waals surface area (Å²) in [6.45, 7) is 7.83. The molecule has 4 atom stereocenters. The molecule has 0 aromatic carbocycles. The standard InChI is InChI=1S/C15H27N3O2S/c1-9-10(2)20-11(3)12(9)13(19)17-15(14(16)21)5-7-18(4)8-6-15/h9-12H,5-8H2,1-4H3,(H2,16,21)(H,17,19). The van der Waals surface area contributed by atoms with Crippen molar-refractivity contribution in [1.82, 2.24) is 10.2 Å². The molecule has 1 amide bonds. The van der Waals surface area contributed by atoms with Gasteiger partial charge in [0.05, 0.1) is 28.7 Å². The van der Waals surface area contributed by atoms with E-state index in [2.05, 4.69) is 24.2 Å². The molecule has 6 heteroatoms. The molecule has 2 heterocycles. The number of thiocarbonyl (C=S) groups is 1. The van der Waals surface area contributed by atoms with Crippen molar-refractivity contribution in [2.24, 2.45) is 17.6 Å². The molecular weight excluding hydrogens is 286 g/mol. The summed E-state index contributed by atoms with van der Waals surface area (Å²) in [4.78, 5) is 15.4. The smallest absolute Gasteiger partial charge is 0.226 e.